The number of rotatable bonds is 1. The summed E-state index contributed by atoms with van der Waals surface area (Å²) in [6.07, 6.45) is 0. The minimum atomic E-state index is -0.494. The number of pyridine rings is 1. The summed E-state index contributed by atoms with van der Waals surface area (Å²) in [5, 5.41) is 0. The van der Waals surface area contributed by atoms with Gasteiger partial charge in [0.05, 0.1) is 5.69 Å². The first-order valence-corrected chi connectivity index (χ1v) is 3.48. The molecule has 0 aliphatic heterocycles. The van der Waals surface area contributed by atoms with E-state index in [1.807, 2.05) is 0 Å². The third kappa shape index (κ3) is 0.998. The molecule has 0 saturated heterocycles. The fourth-order valence-corrected chi connectivity index (χ4v) is 0.989. The molecule has 0 radical (unpaired) electrons. The molecule has 0 spiro atoms. The predicted octanol–water partition coefficient (Wildman–Crippen LogP) is -0.0252. The number of oxazole rings is 1. The van der Waals surface area contributed by atoms with Gasteiger partial charge in [0.15, 0.2) is 0 Å². The van der Waals surface area contributed by atoms with Gasteiger partial charge in [0, 0.05) is 6.54 Å². The smallest absolute Gasteiger partial charge is 0.389 e. The number of nitrogens with zero attached hydrogens (tertiary/aromatic N) is 1. The van der Waals surface area contributed by atoms with Gasteiger partial charge in [0.2, 0.25) is 5.71 Å². The third-order valence-electron chi connectivity index (χ3n) is 1.55. The van der Waals surface area contributed by atoms with Gasteiger partial charge in [0.1, 0.15) is 5.52 Å². The third-order valence-corrected chi connectivity index (χ3v) is 1.55. The Hall–Kier alpha value is -1.62. The molecule has 0 saturated carbocycles. The average molecular weight is 165 g/mol. The molecule has 0 aliphatic carbocycles. The Morgan fingerprint density at radius 3 is 3.17 bits per heavy atom. The summed E-state index contributed by atoms with van der Waals surface area (Å²) in [4.78, 5) is 17.2. The molecule has 12 heavy (non-hydrogen) atoms. The van der Waals surface area contributed by atoms with Crippen molar-refractivity contribution in [3.8, 4) is 0 Å². The van der Waals surface area contributed by atoms with Crippen LogP contribution in [-0.4, -0.2) is 9.97 Å². The number of hydrogen-bond acceptors (Lipinski definition) is 4. The number of H-pyrrole nitrogens is 1. The number of aromatic amines is 1. The van der Waals surface area contributed by atoms with Crippen molar-refractivity contribution in [3.63, 3.8) is 0 Å². The van der Waals surface area contributed by atoms with Crippen LogP contribution in [-0.2, 0) is 6.54 Å². The first-order chi connectivity index (χ1) is 5.79. The van der Waals surface area contributed by atoms with Crippen LogP contribution in [0.4, 0.5) is 0 Å². The van der Waals surface area contributed by atoms with Crippen molar-refractivity contribution in [2.24, 2.45) is 5.73 Å². The van der Waals surface area contributed by atoms with E-state index in [4.69, 9.17) is 10.2 Å². The van der Waals surface area contributed by atoms with Crippen LogP contribution in [0.3, 0.4) is 0 Å². The lowest BCUT2D eigenvalue weighted by atomic mass is 10.3. The summed E-state index contributed by atoms with van der Waals surface area (Å²) in [5.41, 5.74) is 6.96. The quantitative estimate of drug-likeness (QED) is 0.621. The lowest BCUT2D eigenvalue weighted by molar-refractivity contribution is 0.544. The fraction of sp³-hybridized carbons (Fsp3) is 0.143. The van der Waals surface area contributed by atoms with Crippen molar-refractivity contribution < 1.29 is 4.42 Å². The molecule has 5 heteroatoms. The van der Waals surface area contributed by atoms with Gasteiger partial charge in [-0.2, -0.15) is 0 Å². The van der Waals surface area contributed by atoms with Gasteiger partial charge in [-0.05, 0) is 12.1 Å². The van der Waals surface area contributed by atoms with E-state index < -0.39 is 5.76 Å². The fourth-order valence-electron chi connectivity index (χ4n) is 0.989. The Morgan fingerprint density at radius 1 is 1.58 bits per heavy atom. The number of hydrogen-bond donors (Lipinski definition) is 2. The van der Waals surface area contributed by atoms with E-state index in [-0.39, 0.29) is 0 Å². The van der Waals surface area contributed by atoms with Crippen LogP contribution in [0.1, 0.15) is 5.69 Å². The monoisotopic (exact) mass is 165 g/mol. The predicted molar refractivity (Wildman–Crippen MR) is 42.5 cm³/mol. The largest absolute Gasteiger partial charge is 0.418 e. The maximum Gasteiger partial charge on any atom is 0.418 e. The van der Waals surface area contributed by atoms with Crippen molar-refractivity contribution in [1.82, 2.24) is 9.97 Å². The van der Waals surface area contributed by atoms with Gasteiger partial charge < -0.3 is 10.2 Å². The van der Waals surface area contributed by atoms with Crippen molar-refractivity contribution in [2.45, 2.75) is 6.54 Å². The van der Waals surface area contributed by atoms with E-state index in [1.54, 1.807) is 12.1 Å². The molecule has 0 unspecified atom stereocenters. The molecule has 0 amide bonds. The Balaban J connectivity index is 2.74. The highest BCUT2D eigenvalue weighted by Gasteiger charge is 2.01. The van der Waals surface area contributed by atoms with Gasteiger partial charge in [-0.1, -0.05) is 0 Å². The van der Waals surface area contributed by atoms with Crippen LogP contribution < -0.4 is 11.5 Å². The second-order valence-electron chi connectivity index (χ2n) is 2.37. The highest BCUT2D eigenvalue weighted by Crippen LogP contribution is 2.06. The summed E-state index contributed by atoms with van der Waals surface area (Å²) >= 11 is 0. The molecular weight excluding hydrogens is 158 g/mol. The van der Waals surface area contributed by atoms with E-state index in [9.17, 15) is 4.79 Å². The van der Waals surface area contributed by atoms with E-state index in [2.05, 4.69) is 9.97 Å². The molecule has 0 aliphatic rings. The molecule has 5 nitrogen and oxygen atoms in total. The maximum atomic E-state index is 10.7. The topological polar surface area (TPSA) is 84.9 Å². The van der Waals surface area contributed by atoms with Crippen molar-refractivity contribution in [3.05, 3.63) is 28.4 Å². The molecule has 2 rings (SSSR count). The van der Waals surface area contributed by atoms with Crippen LogP contribution >= 0.6 is 0 Å². The lowest BCUT2D eigenvalue weighted by Crippen LogP contribution is -1.98. The van der Waals surface area contributed by atoms with Crippen LogP contribution in [0.5, 0.6) is 0 Å². The standard InChI is InChI=1S/C7H7N3O2/c8-3-4-1-2-5-6(9-4)12-7(11)10-5/h1-2H,3,8H2,(H,10,11). The normalized spacial score (nSPS) is 10.8. The summed E-state index contributed by atoms with van der Waals surface area (Å²) in [6.45, 7) is 0.338. The molecule has 0 atom stereocenters. The molecule has 2 heterocycles. The van der Waals surface area contributed by atoms with E-state index in [0.717, 1.165) is 0 Å². The molecule has 2 aromatic rings. The van der Waals surface area contributed by atoms with E-state index in [1.165, 1.54) is 0 Å². The molecule has 0 fully saturated rings. The van der Waals surface area contributed by atoms with Crippen LogP contribution in [0.25, 0.3) is 11.2 Å². The number of nitrogens with one attached hydrogen (secondary N) is 1. The Bertz CT molecular complexity index is 457. The van der Waals surface area contributed by atoms with Crippen molar-refractivity contribution in [2.75, 3.05) is 0 Å². The summed E-state index contributed by atoms with van der Waals surface area (Å²) in [7, 11) is 0. The second-order valence-corrected chi connectivity index (χ2v) is 2.37. The van der Waals surface area contributed by atoms with Crippen molar-refractivity contribution in [1.29, 1.82) is 0 Å². The summed E-state index contributed by atoms with van der Waals surface area (Å²) in [6, 6.07) is 3.46. The van der Waals surface area contributed by atoms with Gasteiger partial charge in [-0.15, -0.1) is 0 Å². The zero-order valence-electron chi connectivity index (χ0n) is 6.20. The molecule has 3 N–H and O–H groups in total. The Morgan fingerprint density at radius 2 is 2.42 bits per heavy atom. The zero-order valence-corrected chi connectivity index (χ0v) is 6.20. The Kier molecular flexibility index (Phi) is 1.44. The molecule has 0 bridgehead atoms. The second kappa shape index (κ2) is 2.46. The molecular formula is C7H7N3O2. The zero-order chi connectivity index (χ0) is 8.55. The van der Waals surface area contributed by atoms with Gasteiger partial charge in [0.25, 0.3) is 0 Å². The van der Waals surface area contributed by atoms with Gasteiger partial charge in [-0.3, -0.25) is 4.98 Å². The van der Waals surface area contributed by atoms with Gasteiger partial charge in [-0.25, -0.2) is 9.78 Å². The highest BCUT2D eigenvalue weighted by molar-refractivity contribution is 5.67. The van der Waals surface area contributed by atoms with E-state index in [0.29, 0.717) is 23.5 Å². The van der Waals surface area contributed by atoms with Crippen LogP contribution in [0.15, 0.2) is 21.3 Å². The van der Waals surface area contributed by atoms with Gasteiger partial charge >= 0.3 is 5.76 Å². The first-order valence-electron chi connectivity index (χ1n) is 3.48. The van der Waals surface area contributed by atoms with Crippen LogP contribution in [0.2, 0.25) is 0 Å². The first kappa shape index (κ1) is 7.05. The summed E-state index contributed by atoms with van der Waals surface area (Å²) in [5.74, 6) is -0.494. The number of aromatic nitrogens is 2. The highest BCUT2D eigenvalue weighted by atomic mass is 16.4. The number of nitrogens with two attached hydrogens (primary N) is 1. The van der Waals surface area contributed by atoms with E-state index >= 15 is 0 Å². The maximum absolute atomic E-state index is 10.7. The number of fused-ring (bicyclic) bond motifs is 1. The molecule has 2 aromatic heterocycles. The van der Waals surface area contributed by atoms with Crippen molar-refractivity contribution >= 4 is 11.2 Å². The lowest BCUT2D eigenvalue weighted by Gasteiger charge is -1.91. The SMILES string of the molecule is NCc1ccc2[nH]c(=O)oc2n1. The molecule has 0 aromatic carbocycles. The average Bonchev–Trinajstić information content (AvgIpc) is 2.43. The Labute approximate surface area is 67.2 Å². The minimum absolute atomic E-state index is 0.308. The molecule has 62 valence electrons. The van der Waals surface area contributed by atoms with Crippen LogP contribution in [0, 0.1) is 0 Å². The minimum Gasteiger partial charge on any atom is -0.389 e. The summed E-state index contributed by atoms with van der Waals surface area (Å²) < 4.78 is 4.73.